The molecule has 132 valence electrons. The Bertz CT molecular complexity index is 668. The van der Waals surface area contributed by atoms with Crippen molar-refractivity contribution in [2.45, 2.75) is 37.0 Å². The van der Waals surface area contributed by atoms with Crippen molar-refractivity contribution in [2.75, 3.05) is 13.1 Å². The van der Waals surface area contributed by atoms with Crippen LogP contribution in [0.1, 0.15) is 19.4 Å². The van der Waals surface area contributed by atoms with E-state index in [0.717, 1.165) is 16.4 Å². The third kappa shape index (κ3) is 4.11. The Kier molecular flexibility index (Phi) is 6.37. The first-order chi connectivity index (χ1) is 10.0. The van der Waals surface area contributed by atoms with E-state index in [1.807, 2.05) is 0 Å². The van der Waals surface area contributed by atoms with E-state index in [1.54, 1.807) is 13.8 Å². The Hall–Kier alpha value is -0.540. The molecule has 2 atom stereocenters. The molecule has 1 aromatic carbocycles. The highest BCUT2D eigenvalue weighted by atomic mass is 35.5. The van der Waals surface area contributed by atoms with Crippen LogP contribution in [0.25, 0.3) is 0 Å². The Morgan fingerprint density at radius 3 is 2.48 bits per heavy atom. The van der Waals surface area contributed by atoms with Crippen molar-refractivity contribution in [3.63, 3.8) is 0 Å². The van der Waals surface area contributed by atoms with Gasteiger partial charge in [0.15, 0.2) is 0 Å². The van der Waals surface area contributed by atoms with Crippen molar-refractivity contribution < 1.29 is 21.6 Å². The zero-order valence-electron chi connectivity index (χ0n) is 12.4. The van der Waals surface area contributed by atoms with Crippen LogP contribution in [0.4, 0.5) is 13.2 Å². The highest BCUT2D eigenvalue weighted by molar-refractivity contribution is 7.89. The zero-order valence-corrected chi connectivity index (χ0v) is 14.8. The number of hydrogen-bond acceptors (Lipinski definition) is 3. The molecule has 0 spiro atoms. The van der Waals surface area contributed by atoms with Crippen LogP contribution < -0.4 is 5.32 Å². The maximum absolute atomic E-state index is 13.1. The molecular formula is C13H17Cl2F3N2O2S. The number of alkyl halides is 3. The average Bonchev–Trinajstić information content (AvgIpc) is 2.40. The minimum Gasteiger partial charge on any atom is -0.311 e. The average molecular weight is 393 g/mol. The van der Waals surface area contributed by atoms with Crippen LogP contribution in [0.15, 0.2) is 23.1 Å². The first-order valence-corrected chi connectivity index (χ1v) is 8.49. The summed E-state index contributed by atoms with van der Waals surface area (Å²) in [4.78, 5) is -0.759. The number of halogens is 5. The molecule has 1 heterocycles. The second-order valence-electron chi connectivity index (χ2n) is 5.24. The molecule has 2 rings (SSSR count). The molecule has 23 heavy (non-hydrogen) atoms. The summed E-state index contributed by atoms with van der Waals surface area (Å²) in [5.74, 6) is 0. The van der Waals surface area contributed by atoms with Crippen LogP contribution in [0.2, 0.25) is 5.02 Å². The van der Waals surface area contributed by atoms with Crippen LogP contribution in [0.3, 0.4) is 0 Å². The molecule has 1 aromatic rings. The summed E-state index contributed by atoms with van der Waals surface area (Å²) in [5, 5.41) is 2.93. The highest BCUT2D eigenvalue weighted by Crippen LogP contribution is 2.37. The van der Waals surface area contributed by atoms with Crippen molar-refractivity contribution >= 4 is 34.0 Å². The monoisotopic (exact) mass is 392 g/mol. The third-order valence-electron chi connectivity index (χ3n) is 3.81. The Morgan fingerprint density at radius 1 is 1.30 bits per heavy atom. The van der Waals surface area contributed by atoms with E-state index in [4.69, 9.17) is 11.6 Å². The standard InChI is InChI=1S/C13H16ClF3N2O2S.ClH/c1-8-9(2)19(6-5-18-8)22(20,21)12-4-3-10(14)7-11(12)13(15,16)17;/h3-4,7-9,18H,5-6H2,1-2H3;1H. The van der Waals surface area contributed by atoms with Gasteiger partial charge in [0, 0.05) is 30.2 Å². The molecule has 0 radical (unpaired) electrons. The molecular weight excluding hydrogens is 376 g/mol. The highest BCUT2D eigenvalue weighted by Gasteiger charge is 2.41. The van der Waals surface area contributed by atoms with Gasteiger partial charge in [-0.1, -0.05) is 11.6 Å². The van der Waals surface area contributed by atoms with E-state index in [2.05, 4.69) is 5.32 Å². The van der Waals surface area contributed by atoms with Crippen LogP contribution in [-0.4, -0.2) is 37.9 Å². The molecule has 0 bridgehead atoms. The van der Waals surface area contributed by atoms with E-state index in [1.165, 1.54) is 0 Å². The lowest BCUT2D eigenvalue weighted by Gasteiger charge is -2.37. The second-order valence-corrected chi connectivity index (χ2v) is 7.53. The summed E-state index contributed by atoms with van der Waals surface area (Å²) in [7, 11) is -4.26. The van der Waals surface area contributed by atoms with Crippen molar-refractivity contribution in [2.24, 2.45) is 0 Å². The van der Waals surface area contributed by atoms with E-state index >= 15 is 0 Å². The van der Waals surface area contributed by atoms with Crippen LogP contribution in [0.5, 0.6) is 0 Å². The van der Waals surface area contributed by atoms with Crippen molar-refractivity contribution in [3.05, 3.63) is 28.8 Å². The lowest BCUT2D eigenvalue weighted by Crippen LogP contribution is -2.57. The summed E-state index contributed by atoms with van der Waals surface area (Å²) in [6.45, 7) is 3.96. The molecule has 2 unspecified atom stereocenters. The van der Waals surface area contributed by atoms with Gasteiger partial charge in [-0.3, -0.25) is 0 Å². The van der Waals surface area contributed by atoms with Gasteiger partial charge in [0.2, 0.25) is 10.0 Å². The Balaban J connectivity index is 0.00000264. The molecule has 10 heteroatoms. The number of benzene rings is 1. The second kappa shape index (κ2) is 7.14. The lowest BCUT2D eigenvalue weighted by atomic mass is 10.1. The molecule has 1 N–H and O–H groups in total. The fourth-order valence-electron chi connectivity index (χ4n) is 2.44. The summed E-state index contributed by atoms with van der Waals surface area (Å²) in [6.07, 6.45) is -4.80. The van der Waals surface area contributed by atoms with Crippen LogP contribution in [0, 0.1) is 0 Å². The van der Waals surface area contributed by atoms with E-state index in [0.29, 0.717) is 12.6 Å². The normalized spacial score (nSPS) is 23.4. The van der Waals surface area contributed by atoms with Gasteiger partial charge in [-0.15, -0.1) is 12.4 Å². The minimum absolute atomic E-state index is 0. The van der Waals surface area contributed by atoms with E-state index < -0.39 is 32.7 Å². The van der Waals surface area contributed by atoms with Crippen molar-refractivity contribution in [1.29, 1.82) is 0 Å². The molecule has 1 aliphatic rings. The smallest absolute Gasteiger partial charge is 0.311 e. The van der Waals surface area contributed by atoms with E-state index in [-0.39, 0.29) is 30.0 Å². The fraction of sp³-hybridized carbons (Fsp3) is 0.538. The zero-order chi connectivity index (χ0) is 16.7. The third-order valence-corrected chi connectivity index (χ3v) is 6.09. The van der Waals surface area contributed by atoms with Gasteiger partial charge in [-0.2, -0.15) is 17.5 Å². The summed E-state index contributed by atoms with van der Waals surface area (Å²) in [6, 6.07) is 2.12. The number of nitrogens with one attached hydrogen (secondary N) is 1. The van der Waals surface area contributed by atoms with Crippen LogP contribution in [-0.2, 0) is 16.2 Å². The molecule has 1 fully saturated rings. The van der Waals surface area contributed by atoms with Gasteiger partial charge in [-0.05, 0) is 32.0 Å². The number of nitrogens with zero attached hydrogens (tertiary/aromatic N) is 1. The van der Waals surface area contributed by atoms with Crippen molar-refractivity contribution in [1.82, 2.24) is 9.62 Å². The quantitative estimate of drug-likeness (QED) is 0.840. The first-order valence-electron chi connectivity index (χ1n) is 6.67. The summed E-state index contributed by atoms with van der Waals surface area (Å²) < 4.78 is 65.9. The molecule has 0 aromatic heterocycles. The molecule has 0 saturated carbocycles. The summed E-state index contributed by atoms with van der Waals surface area (Å²) >= 11 is 5.59. The Labute approximate surface area is 144 Å². The van der Waals surface area contributed by atoms with Gasteiger partial charge >= 0.3 is 6.18 Å². The maximum Gasteiger partial charge on any atom is 0.417 e. The minimum atomic E-state index is -4.80. The van der Waals surface area contributed by atoms with Gasteiger partial charge in [0.25, 0.3) is 0 Å². The van der Waals surface area contributed by atoms with Crippen LogP contribution >= 0.6 is 24.0 Å². The maximum atomic E-state index is 13.1. The Morgan fingerprint density at radius 2 is 1.91 bits per heavy atom. The predicted octanol–water partition coefficient (Wildman–Crippen LogP) is 3.15. The summed E-state index contributed by atoms with van der Waals surface area (Å²) in [5.41, 5.74) is -1.24. The number of sulfonamides is 1. The fourth-order valence-corrected chi connectivity index (χ4v) is 4.51. The topological polar surface area (TPSA) is 49.4 Å². The van der Waals surface area contributed by atoms with Gasteiger partial charge in [0.1, 0.15) is 0 Å². The number of rotatable bonds is 2. The molecule has 4 nitrogen and oxygen atoms in total. The molecule has 1 saturated heterocycles. The van der Waals surface area contributed by atoms with Gasteiger partial charge in [-0.25, -0.2) is 8.42 Å². The van der Waals surface area contributed by atoms with Crippen molar-refractivity contribution in [3.8, 4) is 0 Å². The predicted molar refractivity (Wildman–Crippen MR) is 84.5 cm³/mol. The van der Waals surface area contributed by atoms with Gasteiger partial charge < -0.3 is 5.32 Å². The lowest BCUT2D eigenvalue weighted by molar-refractivity contribution is -0.139. The number of piperazine rings is 1. The molecule has 1 aliphatic heterocycles. The largest absolute Gasteiger partial charge is 0.417 e. The molecule has 0 aliphatic carbocycles. The number of hydrogen-bond donors (Lipinski definition) is 1. The van der Waals surface area contributed by atoms with E-state index in [9.17, 15) is 21.6 Å². The molecule has 0 amide bonds. The first kappa shape index (κ1) is 20.5. The SMILES string of the molecule is CC1NCCN(S(=O)(=O)c2ccc(Cl)cc2C(F)(F)F)C1C.Cl. The van der Waals surface area contributed by atoms with Gasteiger partial charge in [0.05, 0.1) is 10.5 Å².